The van der Waals surface area contributed by atoms with Gasteiger partial charge >= 0.3 is 0 Å². The van der Waals surface area contributed by atoms with Gasteiger partial charge in [0, 0.05) is 13.6 Å². The Balaban J connectivity index is 1.88. The Morgan fingerprint density at radius 1 is 1.26 bits per heavy atom. The summed E-state index contributed by atoms with van der Waals surface area (Å²) in [5.41, 5.74) is 9.19. The number of imidazole rings is 1. The second-order valence-corrected chi connectivity index (χ2v) is 5.93. The van der Waals surface area contributed by atoms with Crippen molar-refractivity contribution < 1.29 is 0 Å². The first kappa shape index (κ1) is 11.3. The number of rotatable bonds is 1. The third kappa shape index (κ3) is 1.46. The van der Waals surface area contributed by atoms with Crippen molar-refractivity contribution in [1.29, 1.82) is 0 Å². The van der Waals surface area contributed by atoms with Gasteiger partial charge in [0.25, 0.3) is 0 Å². The standard InChI is InChI=1S/C13H20N6/c1-8-11-12(17(2)16-8)19(13(14)15-11)10-7-18-5-3-9(10)4-6-18/h9-10H,3-7H2,1-2H3,(H2,14,15). The fourth-order valence-electron chi connectivity index (χ4n) is 3.87. The quantitative estimate of drug-likeness (QED) is 0.828. The van der Waals surface area contributed by atoms with E-state index in [1.54, 1.807) is 0 Å². The highest BCUT2D eigenvalue weighted by Crippen LogP contribution is 2.38. The second-order valence-electron chi connectivity index (χ2n) is 5.93. The summed E-state index contributed by atoms with van der Waals surface area (Å²) in [6.45, 7) is 5.58. The minimum absolute atomic E-state index is 0.460. The number of hydrogen-bond acceptors (Lipinski definition) is 4. The Hall–Kier alpha value is -1.56. The molecule has 3 fully saturated rings. The summed E-state index contributed by atoms with van der Waals surface area (Å²) in [5, 5.41) is 4.47. The van der Waals surface area contributed by atoms with Gasteiger partial charge in [-0.15, -0.1) is 0 Å². The van der Waals surface area contributed by atoms with Gasteiger partial charge in [-0.25, -0.2) is 4.98 Å². The number of nitrogen functional groups attached to an aromatic ring is 1. The van der Waals surface area contributed by atoms with Crippen LogP contribution in [0, 0.1) is 12.8 Å². The number of anilines is 1. The van der Waals surface area contributed by atoms with Crippen molar-refractivity contribution in [1.82, 2.24) is 24.2 Å². The van der Waals surface area contributed by atoms with Crippen LogP contribution in [0.4, 0.5) is 5.95 Å². The van der Waals surface area contributed by atoms with E-state index in [2.05, 4.69) is 19.5 Å². The van der Waals surface area contributed by atoms with Gasteiger partial charge < -0.3 is 10.6 Å². The van der Waals surface area contributed by atoms with Crippen molar-refractivity contribution in [3.8, 4) is 0 Å². The molecule has 102 valence electrons. The third-order valence-electron chi connectivity index (χ3n) is 4.82. The Morgan fingerprint density at radius 2 is 2.00 bits per heavy atom. The number of nitrogens with two attached hydrogens (primary N) is 1. The molecular weight excluding hydrogens is 240 g/mol. The number of nitrogens with zero attached hydrogens (tertiary/aromatic N) is 5. The van der Waals surface area contributed by atoms with Crippen LogP contribution in [0.5, 0.6) is 0 Å². The summed E-state index contributed by atoms with van der Waals surface area (Å²) in [7, 11) is 1.98. The van der Waals surface area contributed by atoms with E-state index in [-0.39, 0.29) is 0 Å². The average molecular weight is 260 g/mol. The number of aromatic nitrogens is 4. The van der Waals surface area contributed by atoms with Crippen molar-refractivity contribution in [3.05, 3.63) is 5.69 Å². The van der Waals surface area contributed by atoms with Gasteiger partial charge in [0.15, 0.2) is 5.65 Å². The maximum atomic E-state index is 6.19. The maximum absolute atomic E-state index is 6.19. The molecule has 2 bridgehead atoms. The van der Waals surface area contributed by atoms with Gasteiger partial charge in [0.2, 0.25) is 5.95 Å². The monoisotopic (exact) mass is 260 g/mol. The van der Waals surface area contributed by atoms with Crippen molar-refractivity contribution in [2.75, 3.05) is 25.4 Å². The van der Waals surface area contributed by atoms with Crippen LogP contribution in [0.3, 0.4) is 0 Å². The Bertz CT molecular complexity index is 631. The molecule has 3 aliphatic heterocycles. The molecule has 5 rings (SSSR count). The topological polar surface area (TPSA) is 64.9 Å². The molecule has 2 N–H and O–H groups in total. The van der Waals surface area contributed by atoms with E-state index in [0.29, 0.717) is 12.0 Å². The second kappa shape index (κ2) is 3.72. The zero-order valence-electron chi connectivity index (χ0n) is 11.5. The van der Waals surface area contributed by atoms with Crippen LogP contribution in [-0.2, 0) is 7.05 Å². The van der Waals surface area contributed by atoms with Crippen molar-refractivity contribution >= 4 is 17.1 Å². The van der Waals surface area contributed by atoms with Crippen LogP contribution < -0.4 is 5.73 Å². The first-order chi connectivity index (χ1) is 9.15. The summed E-state index contributed by atoms with van der Waals surface area (Å²) in [4.78, 5) is 7.07. The molecule has 0 radical (unpaired) electrons. The van der Waals surface area contributed by atoms with Crippen LogP contribution in [0.2, 0.25) is 0 Å². The van der Waals surface area contributed by atoms with Crippen molar-refractivity contribution in [2.24, 2.45) is 13.0 Å². The molecular formula is C13H20N6. The largest absolute Gasteiger partial charge is 0.369 e. The lowest BCUT2D eigenvalue weighted by Gasteiger charge is -2.45. The molecule has 6 nitrogen and oxygen atoms in total. The zero-order chi connectivity index (χ0) is 13.1. The molecule has 19 heavy (non-hydrogen) atoms. The smallest absolute Gasteiger partial charge is 0.202 e. The lowest BCUT2D eigenvalue weighted by Crippen LogP contribution is -2.48. The van der Waals surface area contributed by atoms with Crippen LogP contribution in [0.25, 0.3) is 11.2 Å². The molecule has 0 amide bonds. The molecule has 5 heterocycles. The SMILES string of the molecule is Cc1nn(C)c2c1nc(N)n2C1CN2CCC1CC2. The van der Waals surface area contributed by atoms with E-state index in [1.165, 1.54) is 25.9 Å². The van der Waals surface area contributed by atoms with E-state index in [9.17, 15) is 0 Å². The maximum Gasteiger partial charge on any atom is 0.202 e. The fourth-order valence-corrected chi connectivity index (χ4v) is 3.87. The lowest BCUT2D eigenvalue weighted by atomic mass is 9.84. The van der Waals surface area contributed by atoms with E-state index < -0.39 is 0 Å². The molecule has 1 unspecified atom stereocenters. The minimum Gasteiger partial charge on any atom is -0.369 e. The number of piperidine rings is 3. The molecule has 2 aromatic heterocycles. The summed E-state index contributed by atoms with van der Waals surface area (Å²) < 4.78 is 4.15. The van der Waals surface area contributed by atoms with Crippen molar-refractivity contribution in [3.63, 3.8) is 0 Å². The van der Waals surface area contributed by atoms with Gasteiger partial charge in [0.1, 0.15) is 5.52 Å². The summed E-state index contributed by atoms with van der Waals surface area (Å²) >= 11 is 0. The Morgan fingerprint density at radius 3 is 2.63 bits per heavy atom. The Labute approximate surface area is 112 Å². The molecule has 0 spiro atoms. The molecule has 6 heteroatoms. The molecule has 0 saturated carbocycles. The molecule has 3 saturated heterocycles. The predicted molar refractivity (Wildman–Crippen MR) is 73.8 cm³/mol. The Kier molecular flexibility index (Phi) is 2.21. The zero-order valence-corrected chi connectivity index (χ0v) is 11.5. The molecule has 0 aliphatic carbocycles. The first-order valence-electron chi connectivity index (χ1n) is 7.04. The van der Waals surface area contributed by atoms with Gasteiger partial charge in [-0.2, -0.15) is 5.10 Å². The fraction of sp³-hybridized carbons (Fsp3) is 0.692. The van der Waals surface area contributed by atoms with Gasteiger partial charge in [0.05, 0.1) is 11.7 Å². The van der Waals surface area contributed by atoms with Crippen LogP contribution in [-0.4, -0.2) is 43.9 Å². The summed E-state index contributed by atoms with van der Waals surface area (Å²) in [6.07, 6.45) is 2.56. The highest BCUT2D eigenvalue weighted by molar-refractivity contribution is 5.77. The van der Waals surface area contributed by atoms with Gasteiger partial charge in [-0.3, -0.25) is 9.25 Å². The normalized spacial score (nSPS) is 30.3. The molecule has 3 aliphatic rings. The minimum atomic E-state index is 0.460. The first-order valence-corrected chi connectivity index (χ1v) is 7.04. The van der Waals surface area contributed by atoms with Gasteiger partial charge in [-0.05, 0) is 38.8 Å². The van der Waals surface area contributed by atoms with Crippen LogP contribution in [0.15, 0.2) is 0 Å². The number of aryl methyl sites for hydroxylation is 2. The van der Waals surface area contributed by atoms with Gasteiger partial charge in [-0.1, -0.05) is 0 Å². The number of fused-ring (bicyclic) bond motifs is 4. The van der Waals surface area contributed by atoms with E-state index in [4.69, 9.17) is 5.73 Å². The highest BCUT2D eigenvalue weighted by Gasteiger charge is 2.37. The lowest BCUT2D eigenvalue weighted by molar-refractivity contribution is 0.0593. The number of hydrogen-bond donors (Lipinski definition) is 1. The van der Waals surface area contributed by atoms with E-state index in [0.717, 1.165) is 29.3 Å². The molecule has 1 atom stereocenters. The van der Waals surface area contributed by atoms with Crippen LogP contribution in [0.1, 0.15) is 24.6 Å². The average Bonchev–Trinajstić information content (AvgIpc) is 2.89. The van der Waals surface area contributed by atoms with E-state index >= 15 is 0 Å². The predicted octanol–water partition coefficient (Wildman–Crippen LogP) is 0.927. The van der Waals surface area contributed by atoms with Crippen LogP contribution >= 0.6 is 0 Å². The molecule has 0 aromatic carbocycles. The highest BCUT2D eigenvalue weighted by atomic mass is 15.4. The molecule has 2 aromatic rings. The van der Waals surface area contributed by atoms with Crippen molar-refractivity contribution in [2.45, 2.75) is 25.8 Å². The summed E-state index contributed by atoms with van der Waals surface area (Å²) in [6, 6.07) is 0.460. The summed E-state index contributed by atoms with van der Waals surface area (Å²) in [5.74, 6) is 1.38. The third-order valence-corrected chi connectivity index (χ3v) is 4.82. The van der Waals surface area contributed by atoms with E-state index in [1.807, 2.05) is 18.7 Å².